The zero-order valence-corrected chi connectivity index (χ0v) is 12.0. The van der Waals surface area contributed by atoms with E-state index in [4.69, 9.17) is 0 Å². The highest BCUT2D eigenvalue weighted by molar-refractivity contribution is 5.30. The topological polar surface area (TPSA) is 40.7 Å². The summed E-state index contributed by atoms with van der Waals surface area (Å²) in [6.07, 6.45) is 5.80. The summed E-state index contributed by atoms with van der Waals surface area (Å²) in [6.45, 7) is 7.51. The van der Waals surface area contributed by atoms with Crippen LogP contribution >= 0.6 is 0 Å². The lowest BCUT2D eigenvalue weighted by atomic mass is 10.0. The number of benzene rings is 1. The van der Waals surface area contributed by atoms with Crippen LogP contribution in [-0.4, -0.2) is 16.5 Å². The van der Waals surface area contributed by atoms with Crippen LogP contribution < -0.4 is 5.32 Å². The van der Waals surface area contributed by atoms with Gasteiger partial charge >= 0.3 is 0 Å². The molecule has 3 nitrogen and oxygen atoms in total. The van der Waals surface area contributed by atoms with E-state index < -0.39 is 0 Å². The van der Waals surface area contributed by atoms with Gasteiger partial charge < -0.3 is 10.3 Å². The highest BCUT2D eigenvalue weighted by Crippen LogP contribution is 2.17. The number of aryl methyl sites for hydroxylation is 2. The molecule has 1 atom stereocenters. The van der Waals surface area contributed by atoms with Crippen LogP contribution in [0.25, 0.3) is 0 Å². The first-order valence-corrected chi connectivity index (χ1v) is 6.99. The van der Waals surface area contributed by atoms with Crippen molar-refractivity contribution in [2.75, 3.05) is 6.54 Å². The second-order valence-corrected chi connectivity index (χ2v) is 5.10. The summed E-state index contributed by atoms with van der Waals surface area (Å²) in [6, 6.07) is 6.95. The molecule has 2 aromatic rings. The van der Waals surface area contributed by atoms with Gasteiger partial charge in [0.25, 0.3) is 0 Å². The smallest absolute Gasteiger partial charge is 0.123 e. The Hall–Kier alpha value is -1.61. The van der Waals surface area contributed by atoms with Gasteiger partial charge in [0, 0.05) is 12.4 Å². The fourth-order valence-corrected chi connectivity index (χ4v) is 2.22. The molecule has 0 amide bonds. The molecule has 1 aromatic carbocycles. The Morgan fingerprint density at radius 2 is 2.11 bits per heavy atom. The molecule has 102 valence electrons. The Bertz CT molecular complexity index is 503. The molecule has 0 bridgehead atoms. The predicted molar refractivity (Wildman–Crippen MR) is 79.2 cm³/mol. The Kier molecular flexibility index (Phi) is 4.74. The molecule has 19 heavy (non-hydrogen) atoms. The molecule has 2 N–H and O–H groups in total. The van der Waals surface area contributed by atoms with E-state index >= 15 is 0 Å². The maximum absolute atomic E-state index is 4.39. The highest BCUT2D eigenvalue weighted by Gasteiger charge is 2.13. The third kappa shape index (κ3) is 3.67. The van der Waals surface area contributed by atoms with Crippen LogP contribution in [0.3, 0.4) is 0 Å². The lowest BCUT2D eigenvalue weighted by Gasteiger charge is -2.17. The molecule has 3 heteroatoms. The van der Waals surface area contributed by atoms with E-state index in [0.29, 0.717) is 0 Å². The lowest BCUT2D eigenvalue weighted by molar-refractivity contribution is 0.508. The van der Waals surface area contributed by atoms with Crippen LogP contribution in [0.2, 0.25) is 0 Å². The lowest BCUT2D eigenvalue weighted by Crippen LogP contribution is -2.25. The molecule has 0 saturated heterocycles. The van der Waals surface area contributed by atoms with Gasteiger partial charge in [-0.1, -0.05) is 25.1 Å². The number of H-pyrrole nitrogens is 1. The molecule has 1 unspecified atom stereocenters. The van der Waals surface area contributed by atoms with Gasteiger partial charge in [-0.3, -0.25) is 0 Å². The van der Waals surface area contributed by atoms with E-state index in [9.17, 15) is 0 Å². The van der Waals surface area contributed by atoms with Crippen molar-refractivity contribution in [1.29, 1.82) is 0 Å². The monoisotopic (exact) mass is 257 g/mol. The summed E-state index contributed by atoms with van der Waals surface area (Å²) in [5, 5.41) is 3.56. The van der Waals surface area contributed by atoms with Crippen molar-refractivity contribution < 1.29 is 0 Å². The van der Waals surface area contributed by atoms with Crippen LogP contribution in [0.4, 0.5) is 0 Å². The van der Waals surface area contributed by atoms with Crippen molar-refractivity contribution in [2.45, 2.75) is 39.7 Å². The maximum atomic E-state index is 4.39. The molecule has 2 rings (SSSR count). The van der Waals surface area contributed by atoms with E-state index in [2.05, 4.69) is 54.3 Å². The van der Waals surface area contributed by atoms with Crippen LogP contribution in [0.15, 0.2) is 30.6 Å². The van der Waals surface area contributed by atoms with Gasteiger partial charge in [0.2, 0.25) is 0 Å². The molecule has 0 aliphatic rings. The minimum absolute atomic E-state index is 0.261. The molecule has 0 saturated carbocycles. The Morgan fingerprint density at radius 3 is 2.74 bits per heavy atom. The fraction of sp³-hybridized carbons (Fsp3) is 0.438. The molecule has 0 aliphatic heterocycles. The minimum Gasteiger partial charge on any atom is -0.347 e. The zero-order valence-electron chi connectivity index (χ0n) is 12.0. The number of aromatic amines is 1. The number of rotatable bonds is 6. The second kappa shape index (κ2) is 6.53. The van der Waals surface area contributed by atoms with Gasteiger partial charge in [-0.2, -0.15) is 0 Å². The first-order chi connectivity index (χ1) is 9.20. The zero-order chi connectivity index (χ0) is 13.7. The van der Waals surface area contributed by atoms with E-state index in [-0.39, 0.29) is 6.04 Å². The third-order valence-electron chi connectivity index (χ3n) is 3.50. The second-order valence-electron chi connectivity index (χ2n) is 5.10. The fourth-order valence-electron chi connectivity index (χ4n) is 2.22. The van der Waals surface area contributed by atoms with Crippen molar-refractivity contribution in [3.8, 4) is 0 Å². The summed E-state index contributed by atoms with van der Waals surface area (Å²) >= 11 is 0. The number of aromatic nitrogens is 2. The summed E-state index contributed by atoms with van der Waals surface area (Å²) in [4.78, 5) is 7.61. The number of nitrogens with zero attached hydrogens (tertiary/aromatic N) is 1. The molecular formula is C16H23N3. The first-order valence-electron chi connectivity index (χ1n) is 6.99. The molecule has 0 radical (unpaired) electrons. The van der Waals surface area contributed by atoms with Crippen molar-refractivity contribution in [3.63, 3.8) is 0 Å². The highest BCUT2D eigenvalue weighted by atomic mass is 15.0. The summed E-state index contributed by atoms with van der Waals surface area (Å²) in [5.41, 5.74) is 4.05. The summed E-state index contributed by atoms with van der Waals surface area (Å²) < 4.78 is 0. The van der Waals surface area contributed by atoms with Crippen molar-refractivity contribution in [1.82, 2.24) is 15.3 Å². The first kappa shape index (κ1) is 13.8. The molecule has 0 aliphatic carbocycles. The minimum atomic E-state index is 0.261. The molecule has 0 spiro atoms. The van der Waals surface area contributed by atoms with Crippen LogP contribution in [0, 0.1) is 13.8 Å². The van der Waals surface area contributed by atoms with Crippen LogP contribution in [0.5, 0.6) is 0 Å². The standard InChI is InChI=1S/C16H23N3/c1-4-7-17-15(16-18-8-9-19-16)11-14-6-5-12(2)13(3)10-14/h5-6,8-10,15,17H,4,7,11H2,1-3H3,(H,18,19). The predicted octanol–water partition coefficient (Wildman–Crippen LogP) is 3.31. The van der Waals surface area contributed by atoms with E-state index in [1.54, 1.807) is 0 Å². The largest absolute Gasteiger partial charge is 0.347 e. The average molecular weight is 257 g/mol. The van der Waals surface area contributed by atoms with E-state index in [0.717, 1.165) is 25.2 Å². The van der Waals surface area contributed by atoms with Crippen molar-refractivity contribution >= 4 is 0 Å². The SMILES string of the molecule is CCCNC(Cc1ccc(C)c(C)c1)c1ncc[nH]1. The quantitative estimate of drug-likeness (QED) is 0.833. The van der Waals surface area contributed by atoms with Gasteiger partial charge in [0.15, 0.2) is 0 Å². The van der Waals surface area contributed by atoms with E-state index in [1.807, 2.05) is 12.4 Å². The number of hydrogen-bond acceptors (Lipinski definition) is 2. The number of nitrogens with one attached hydrogen (secondary N) is 2. The molecular weight excluding hydrogens is 234 g/mol. The van der Waals surface area contributed by atoms with E-state index in [1.165, 1.54) is 16.7 Å². The number of hydrogen-bond donors (Lipinski definition) is 2. The Labute approximate surface area is 115 Å². The van der Waals surface area contributed by atoms with Crippen molar-refractivity contribution in [3.05, 3.63) is 53.1 Å². The van der Waals surface area contributed by atoms with Gasteiger partial charge in [-0.15, -0.1) is 0 Å². The Balaban J connectivity index is 2.13. The van der Waals surface area contributed by atoms with Crippen LogP contribution in [0.1, 0.15) is 41.9 Å². The summed E-state index contributed by atoms with van der Waals surface area (Å²) in [7, 11) is 0. The summed E-state index contributed by atoms with van der Waals surface area (Å²) in [5.74, 6) is 1.02. The average Bonchev–Trinajstić information content (AvgIpc) is 2.92. The van der Waals surface area contributed by atoms with Crippen molar-refractivity contribution in [2.24, 2.45) is 0 Å². The van der Waals surface area contributed by atoms with Gasteiger partial charge in [-0.05, 0) is 49.9 Å². The molecule has 1 aromatic heterocycles. The van der Waals surface area contributed by atoms with Gasteiger partial charge in [0.1, 0.15) is 5.82 Å². The number of imidazole rings is 1. The van der Waals surface area contributed by atoms with Gasteiger partial charge in [-0.25, -0.2) is 4.98 Å². The van der Waals surface area contributed by atoms with Crippen LogP contribution in [-0.2, 0) is 6.42 Å². The molecule has 0 fully saturated rings. The normalized spacial score (nSPS) is 12.6. The molecule has 1 heterocycles. The Morgan fingerprint density at radius 1 is 1.26 bits per heavy atom. The maximum Gasteiger partial charge on any atom is 0.123 e. The van der Waals surface area contributed by atoms with Gasteiger partial charge in [0.05, 0.1) is 6.04 Å². The third-order valence-corrected chi connectivity index (χ3v) is 3.50.